The van der Waals surface area contributed by atoms with Gasteiger partial charge in [-0.2, -0.15) is 4.52 Å². The second kappa shape index (κ2) is 8.70. The lowest BCUT2D eigenvalue weighted by Crippen LogP contribution is -2.47. The van der Waals surface area contributed by atoms with E-state index in [9.17, 15) is 5.11 Å². The van der Waals surface area contributed by atoms with Gasteiger partial charge in [0.15, 0.2) is 0 Å². The molecule has 0 radical (unpaired) electrons. The van der Waals surface area contributed by atoms with Gasteiger partial charge in [0, 0.05) is 37.2 Å². The Labute approximate surface area is 193 Å². The molecule has 1 fully saturated rings. The first-order valence-electron chi connectivity index (χ1n) is 10.4. The van der Waals surface area contributed by atoms with Crippen LogP contribution in [0, 0.1) is 6.92 Å². The molecule has 1 aliphatic heterocycles. The van der Waals surface area contributed by atoms with E-state index in [1.165, 1.54) is 16.9 Å². The van der Waals surface area contributed by atoms with E-state index in [0.29, 0.717) is 5.82 Å². The lowest BCUT2D eigenvalue weighted by atomic mass is 10.0. The minimum Gasteiger partial charge on any atom is -0.492 e. The maximum atomic E-state index is 11.0. The summed E-state index contributed by atoms with van der Waals surface area (Å²) < 4.78 is 2.60. The van der Waals surface area contributed by atoms with Gasteiger partial charge in [0.25, 0.3) is 0 Å². The number of rotatable bonds is 5. The Bertz CT molecular complexity index is 1180. The lowest BCUT2D eigenvalue weighted by Gasteiger charge is -2.39. The van der Waals surface area contributed by atoms with Gasteiger partial charge in [-0.3, -0.25) is 9.80 Å². The van der Waals surface area contributed by atoms with E-state index in [4.69, 9.17) is 0 Å². The van der Waals surface area contributed by atoms with Crippen LogP contribution in [0.25, 0.3) is 4.96 Å². The largest absolute Gasteiger partial charge is 0.492 e. The van der Waals surface area contributed by atoms with Crippen molar-refractivity contribution < 1.29 is 5.11 Å². The maximum Gasteiger partial charge on any atom is 0.230 e. The van der Waals surface area contributed by atoms with Crippen LogP contribution in [0.15, 0.2) is 59.1 Å². The van der Waals surface area contributed by atoms with Crippen molar-refractivity contribution in [1.82, 2.24) is 24.4 Å². The van der Waals surface area contributed by atoms with Crippen molar-refractivity contribution in [1.29, 1.82) is 0 Å². The summed E-state index contributed by atoms with van der Waals surface area (Å²) in [6.07, 6.45) is 0. The first-order valence-corrected chi connectivity index (χ1v) is 12.0. The molecule has 0 spiro atoms. The number of thiazole rings is 1. The minimum atomic E-state index is -0.0369. The molecule has 4 aromatic rings. The molecule has 3 heterocycles. The third-order valence-electron chi connectivity index (χ3n) is 5.74. The molecular formula is C23H24BrN5OS. The summed E-state index contributed by atoms with van der Waals surface area (Å²) in [5.74, 6) is 0.860. The smallest absolute Gasteiger partial charge is 0.230 e. The van der Waals surface area contributed by atoms with Crippen LogP contribution in [0.2, 0.25) is 0 Å². The van der Waals surface area contributed by atoms with Gasteiger partial charge in [-0.1, -0.05) is 69.7 Å². The Morgan fingerprint density at radius 2 is 1.84 bits per heavy atom. The van der Waals surface area contributed by atoms with Gasteiger partial charge < -0.3 is 5.11 Å². The molecule has 0 aliphatic carbocycles. The third-order valence-corrected chi connectivity index (χ3v) is 7.31. The molecular weight excluding hydrogens is 474 g/mol. The summed E-state index contributed by atoms with van der Waals surface area (Å²) >= 11 is 5.13. The molecule has 8 heteroatoms. The van der Waals surface area contributed by atoms with E-state index < -0.39 is 0 Å². The van der Waals surface area contributed by atoms with Crippen LogP contribution in [0.4, 0.5) is 0 Å². The average molecular weight is 498 g/mol. The number of aryl methyl sites for hydroxylation is 1. The zero-order valence-corrected chi connectivity index (χ0v) is 19.7. The van der Waals surface area contributed by atoms with Gasteiger partial charge in [-0.05, 0) is 30.2 Å². The number of nitrogens with zero attached hydrogens (tertiary/aromatic N) is 5. The van der Waals surface area contributed by atoms with Crippen molar-refractivity contribution in [3.05, 3.63) is 80.9 Å². The molecule has 1 aliphatic rings. The molecule has 1 N–H and O–H groups in total. The summed E-state index contributed by atoms with van der Waals surface area (Å²) in [6, 6.07) is 18.9. The molecule has 0 saturated carbocycles. The molecule has 0 unspecified atom stereocenters. The predicted molar refractivity (Wildman–Crippen MR) is 127 cm³/mol. The highest BCUT2D eigenvalue weighted by atomic mass is 79.9. The number of aromatic hydroxyl groups is 1. The van der Waals surface area contributed by atoms with E-state index in [-0.39, 0.29) is 11.9 Å². The molecule has 6 nitrogen and oxygen atoms in total. The lowest BCUT2D eigenvalue weighted by molar-refractivity contribution is 0.105. The Hall–Kier alpha value is -2.26. The fourth-order valence-corrected chi connectivity index (χ4v) is 5.83. The molecule has 2 aromatic heterocycles. The highest BCUT2D eigenvalue weighted by molar-refractivity contribution is 9.10. The standard InChI is InChI=1S/C23H24BrN5OS/c1-16-25-23-29(26-16)22(30)21(31-23)20(18-8-5-9-19(24)14-18)28-12-10-27(11-13-28)15-17-6-3-2-4-7-17/h2-9,14,20,30H,10-13,15H2,1H3/t20-/m0/s1. The van der Waals surface area contributed by atoms with Crippen LogP contribution >= 0.6 is 27.3 Å². The highest BCUT2D eigenvalue weighted by Crippen LogP contribution is 2.40. The SMILES string of the molecule is Cc1nc2sc([C@H](c3cccc(Br)c3)N3CCN(Cc4ccccc4)CC3)c(O)n2n1. The Kier molecular flexibility index (Phi) is 5.79. The van der Waals surface area contributed by atoms with E-state index >= 15 is 0 Å². The maximum absolute atomic E-state index is 11.0. The summed E-state index contributed by atoms with van der Waals surface area (Å²) in [5, 5.41) is 15.4. The number of piperazine rings is 1. The highest BCUT2D eigenvalue weighted by Gasteiger charge is 2.31. The van der Waals surface area contributed by atoms with Gasteiger partial charge in [-0.15, -0.1) is 5.10 Å². The van der Waals surface area contributed by atoms with E-state index in [2.05, 4.69) is 84.3 Å². The molecule has 1 atom stereocenters. The molecule has 31 heavy (non-hydrogen) atoms. The van der Waals surface area contributed by atoms with Gasteiger partial charge in [0.2, 0.25) is 10.8 Å². The topological polar surface area (TPSA) is 56.9 Å². The first kappa shape index (κ1) is 20.6. The number of halogens is 1. The van der Waals surface area contributed by atoms with Crippen molar-refractivity contribution in [3.8, 4) is 5.88 Å². The van der Waals surface area contributed by atoms with Gasteiger partial charge >= 0.3 is 0 Å². The number of hydrogen-bond donors (Lipinski definition) is 1. The van der Waals surface area contributed by atoms with Crippen LogP contribution in [-0.2, 0) is 6.54 Å². The fourth-order valence-electron chi connectivity index (χ4n) is 4.25. The summed E-state index contributed by atoms with van der Waals surface area (Å²) in [5.41, 5.74) is 2.50. The average Bonchev–Trinajstić information content (AvgIpc) is 3.27. The van der Waals surface area contributed by atoms with Crippen molar-refractivity contribution in [2.75, 3.05) is 26.2 Å². The molecule has 1 saturated heterocycles. The minimum absolute atomic E-state index is 0.0369. The zero-order valence-electron chi connectivity index (χ0n) is 17.3. The van der Waals surface area contributed by atoms with Crippen LogP contribution in [-0.4, -0.2) is 55.7 Å². The molecule has 2 aromatic carbocycles. The summed E-state index contributed by atoms with van der Waals surface area (Å²) in [6.45, 7) is 6.64. The number of fused-ring (bicyclic) bond motifs is 1. The quantitative estimate of drug-likeness (QED) is 0.440. The van der Waals surface area contributed by atoms with Crippen molar-refractivity contribution >= 4 is 32.2 Å². The van der Waals surface area contributed by atoms with E-state index in [1.807, 2.05) is 13.0 Å². The van der Waals surface area contributed by atoms with Gasteiger partial charge in [0.1, 0.15) is 5.82 Å². The number of benzene rings is 2. The van der Waals surface area contributed by atoms with E-state index in [0.717, 1.165) is 52.6 Å². The first-order chi connectivity index (χ1) is 15.1. The van der Waals surface area contributed by atoms with Crippen LogP contribution in [0.3, 0.4) is 0 Å². The Balaban J connectivity index is 1.43. The predicted octanol–water partition coefficient (Wildman–Crippen LogP) is 4.47. The van der Waals surface area contributed by atoms with Crippen molar-refractivity contribution in [3.63, 3.8) is 0 Å². The van der Waals surface area contributed by atoms with Crippen molar-refractivity contribution in [2.24, 2.45) is 0 Å². The van der Waals surface area contributed by atoms with E-state index in [1.54, 1.807) is 4.52 Å². The Morgan fingerprint density at radius 1 is 1.06 bits per heavy atom. The van der Waals surface area contributed by atoms with Crippen LogP contribution in [0.5, 0.6) is 5.88 Å². The third kappa shape index (κ3) is 4.25. The fraction of sp³-hybridized carbons (Fsp3) is 0.304. The second-order valence-electron chi connectivity index (χ2n) is 7.90. The number of aromatic nitrogens is 3. The van der Waals surface area contributed by atoms with Crippen LogP contribution in [0.1, 0.15) is 27.9 Å². The summed E-state index contributed by atoms with van der Waals surface area (Å²) in [7, 11) is 0. The second-order valence-corrected chi connectivity index (χ2v) is 9.82. The molecule has 5 rings (SSSR count). The van der Waals surface area contributed by atoms with Gasteiger partial charge in [-0.25, -0.2) is 4.98 Å². The van der Waals surface area contributed by atoms with Crippen molar-refractivity contribution in [2.45, 2.75) is 19.5 Å². The molecule has 0 bridgehead atoms. The zero-order chi connectivity index (χ0) is 21.4. The normalized spacial score (nSPS) is 16.7. The monoisotopic (exact) mass is 497 g/mol. The Morgan fingerprint density at radius 3 is 2.55 bits per heavy atom. The number of hydrogen-bond acceptors (Lipinski definition) is 6. The summed E-state index contributed by atoms with van der Waals surface area (Å²) in [4.78, 5) is 11.0. The van der Waals surface area contributed by atoms with Crippen LogP contribution < -0.4 is 0 Å². The molecule has 0 amide bonds. The molecule has 160 valence electrons. The van der Waals surface area contributed by atoms with Gasteiger partial charge in [0.05, 0.1) is 10.9 Å².